The molecule has 216 valence electrons. The van der Waals surface area contributed by atoms with Crippen LogP contribution in [-0.2, 0) is 19.2 Å². The molecule has 0 spiro atoms. The quantitative estimate of drug-likeness (QED) is 0.218. The number of hydrogen-bond donors (Lipinski definition) is 0. The second-order valence-corrected chi connectivity index (χ2v) is 10.5. The summed E-state index contributed by atoms with van der Waals surface area (Å²) >= 11 is 0. The molecule has 1 fully saturated rings. The van der Waals surface area contributed by atoms with Crippen molar-refractivity contribution in [2.75, 3.05) is 0 Å². The second kappa shape index (κ2) is 20.9. The molecule has 2 unspecified atom stereocenters. The fourth-order valence-corrected chi connectivity index (χ4v) is 4.72. The minimum atomic E-state index is -0.146. The third kappa shape index (κ3) is 13.3. The van der Waals surface area contributed by atoms with Crippen molar-refractivity contribution in [3.05, 3.63) is 120 Å². The van der Waals surface area contributed by atoms with E-state index in [2.05, 4.69) is 12.2 Å². The molecule has 2 aliphatic rings. The van der Waals surface area contributed by atoms with Gasteiger partial charge in [0.25, 0.3) is 0 Å². The lowest BCUT2D eigenvalue weighted by molar-refractivity contribution is -0.112. The SMILES string of the molecule is CC(C=O)c1ccccc1.O=CC(c1ccccc1)c1ccccc1.O=CC1CC=CCC1.O=CC1CCCCC1. The first kappa shape index (κ1) is 33.3. The average molecular weight is 553 g/mol. The summed E-state index contributed by atoms with van der Waals surface area (Å²) in [5.41, 5.74) is 3.16. The number of rotatable bonds is 7. The van der Waals surface area contributed by atoms with Gasteiger partial charge in [0.1, 0.15) is 25.1 Å². The Morgan fingerprint density at radius 1 is 0.561 bits per heavy atom. The zero-order valence-electron chi connectivity index (χ0n) is 24.2. The monoisotopic (exact) mass is 552 g/mol. The van der Waals surface area contributed by atoms with Crippen LogP contribution in [0.1, 0.15) is 86.8 Å². The molecule has 5 rings (SSSR count). The predicted molar refractivity (Wildman–Crippen MR) is 167 cm³/mol. The van der Waals surface area contributed by atoms with Crippen LogP contribution in [0.5, 0.6) is 0 Å². The van der Waals surface area contributed by atoms with Gasteiger partial charge < -0.3 is 19.2 Å². The number of aldehydes is 4. The molecule has 0 saturated heterocycles. The Hall–Kier alpha value is -3.92. The molecule has 0 N–H and O–H groups in total. The molecule has 3 aromatic rings. The highest BCUT2D eigenvalue weighted by Crippen LogP contribution is 2.22. The molecule has 2 aliphatic carbocycles. The summed E-state index contributed by atoms with van der Waals surface area (Å²) in [6, 6.07) is 29.4. The zero-order chi connectivity index (χ0) is 29.5. The van der Waals surface area contributed by atoms with Crippen molar-refractivity contribution in [1.29, 1.82) is 0 Å². The molecule has 4 nitrogen and oxygen atoms in total. The Bertz CT molecular complexity index is 1100. The molecule has 0 amide bonds. The normalized spacial score (nSPS) is 16.7. The van der Waals surface area contributed by atoms with Crippen LogP contribution >= 0.6 is 0 Å². The lowest BCUT2D eigenvalue weighted by Crippen LogP contribution is -2.06. The zero-order valence-corrected chi connectivity index (χ0v) is 24.2. The van der Waals surface area contributed by atoms with Crippen LogP contribution in [0.3, 0.4) is 0 Å². The van der Waals surface area contributed by atoms with E-state index in [1.165, 1.54) is 19.3 Å². The summed E-state index contributed by atoms with van der Waals surface area (Å²) < 4.78 is 0. The lowest BCUT2D eigenvalue weighted by atomic mass is 9.91. The Morgan fingerprint density at radius 2 is 1.05 bits per heavy atom. The molecule has 0 radical (unpaired) electrons. The van der Waals surface area contributed by atoms with Gasteiger partial charge in [0.05, 0.1) is 5.92 Å². The van der Waals surface area contributed by atoms with Crippen molar-refractivity contribution in [3.63, 3.8) is 0 Å². The third-order valence-corrected chi connectivity index (χ3v) is 7.33. The highest BCUT2D eigenvalue weighted by molar-refractivity contribution is 5.68. The van der Waals surface area contributed by atoms with Crippen molar-refractivity contribution < 1.29 is 19.2 Å². The van der Waals surface area contributed by atoms with Crippen LogP contribution in [-0.4, -0.2) is 25.1 Å². The van der Waals surface area contributed by atoms with Crippen molar-refractivity contribution in [2.24, 2.45) is 11.8 Å². The van der Waals surface area contributed by atoms with Crippen molar-refractivity contribution in [3.8, 4) is 0 Å². The fourth-order valence-electron chi connectivity index (χ4n) is 4.72. The van der Waals surface area contributed by atoms with E-state index >= 15 is 0 Å². The van der Waals surface area contributed by atoms with Crippen LogP contribution in [0, 0.1) is 11.8 Å². The van der Waals surface area contributed by atoms with Gasteiger partial charge in [-0.2, -0.15) is 0 Å². The van der Waals surface area contributed by atoms with Gasteiger partial charge >= 0.3 is 0 Å². The van der Waals surface area contributed by atoms with E-state index in [4.69, 9.17) is 0 Å². The lowest BCUT2D eigenvalue weighted by Gasteiger charge is -2.14. The summed E-state index contributed by atoms with van der Waals surface area (Å²) in [5.74, 6) is 0.609. The number of benzene rings is 3. The maximum absolute atomic E-state index is 11.1. The van der Waals surface area contributed by atoms with Gasteiger partial charge in [0.15, 0.2) is 0 Å². The van der Waals surface area contributed by atoms with Gasteiger partial charge in [-0.1, -0.05) is 129 Å². The van der Waals surface area contributed by atoms with Gasteiger partial charge in [-0.05, 0) is 48.8 Å². The van der Waals surface area contributed by atoms with Gasteiger partial charge in [-0.3, -0.25) is 0 Å². The molecular weight excluding hydrogens is 508 g/mol. The van der Waals surface area contributed by atoms with E-state index in [0.29, 0.717) is 11.8 Å². The first-order chi connectivity index (χ1) is 20.1. The molecule has 0 bridgehead atoms. The van der Waals surface area contributed by atoms with Gasteiger partial charge in [0.2, 0.25) is 0 Å². The summed E-state index contributed by atoms with van der Waals surface area (Å²) in [5, 5.41) is 0. The number of hydrogen-bond acceptors (Lipinski definition) is 4. The second-order valence-electron chi connectivity index (χ2n) is 10.5. The van der Waals surface area contributed by atoms with E-state index in [1.807, 2.05) is 97.9 Å². The third-order valence-electron chi connectivity index (χ3n) is 7.33. The minimum absolute atomic E-state index is 0.0289. The van der Waals surface area contributed by atoms with Crippen molar-refractivity contribution in [1.82, 2.24) is 0 Å². The Balaban J connectivity index is 0.000000199. The largest absolute Gasteiger partial charge is 0.303 e. The van der Waals surface area contributed by atoms with Crippen LogP contribution in [0.15, 0.2) is 103 Å². The summed E-state index contributed by atoms with van der Waals surface area (Å²) in [6.45, 7) is 1.89. The van der Waals surface area contributed by atoms with Crippen LogP contribution < -0.4 is 0 Å². The van der Waals surface area contributed by atoms with E-state index < -0.39 is 0 Å². The van der Waals surface area contributed by atoms with Crippen LogP contribution in [0.2, 0.25) is 0 Å². The molecule has 1 saturated carbocycles. The molecular formula is C37H44O4. The first-order valence-corrected chi connectivity index (χ1v) is 14.7. The summed E-state index contributed by atoms with van der Waals surface area (Å²) in [6.07, 6.45) is 17.6. The van der Waals surface area contributed by atoms with Gasteiger partial charge in [-0.15, -0.1) is 0 Å². The first-order valence-electron chi connectivity index (χ1n) is 14.7. The average Bonchev–Trinajstić information content (AvgIpc) is 3.08. The Kier molecular flexibility index (Phi) is 17.0. The Morgan fingerprint density at radius 3 is 1.39 bits per heavy atom. The van der Waals surface area contributed by atoms with E-state index in [1.54, 1.807) is 0 Å². The van der Waals surface area contributed by atoms with Gasteiger partial charge in [0, 0.05) is 17.8 Å². The maximum Gasteiger partial charge on any atom is 0.131 e. The molecule has 0 aromatic heterocycles. The molecule has 41 heavy (non-hydrogen) atoms. The van der Waals surface area contributed by atoms with Crippen LogP contribution in [0.4, 0.5) is 0 Å². The van der Waals surface area contributed by atoms with Crippen LogP contribution in [0.25, 0.3) is 0 Å². The van der Waals surface area contributed by atoms with Crippen molar-refractivity contribution in [2.45, 2.75) is 70.1 Å². The fraction of sp³-hybridized carbons (Fsp3) is 0.351. The smallest absolute Gasteiger partial charge is 0.131 e. The standard InChI is InChI=1S/C14H12O.C9H10O.C7H12O.C7H10O/c15-11-14(12-7-3-1-4-8-12)13-9-5-2-6-10-13;1-8(7-10)9-5-3-2-4-6-9;2*8-6-7-4-2-1-3-5-7/h1-11,14H;2-8H,1H3;6-7H,1-5H2;1-2,6-7H,3-5H2. The van der Waals surface area contributed by atoms with E-state index in [9.17, 15) is 19.2 Å². The highest BCUT2D eigenvalue weighted by atomic mass is 16.1. The minimum Gasteiger partial charge on any atom is -0.303 e. The molecule has 4 heteroatoms. The predicted octanol–water partition coefficient (Wildman–Crippen LogP) is 8.31. The van der Waals surface area contributed by atoms with E-state index in [0.717, 1.165) is 73.9 Å². The molecule has 2 atom stereocenters. The molecule has 0 aliphatic heterocycles. The molecule has 0 heterocycles. The topological polar surface area (TPSA) is 68.3 Å². The highest BCUT2D eigenvalue weighted by Gasteiger charge is 2.12. The number of carbonyl (C=O) groups is 4. The Labute approximate surface area is 245 Å². The summed E-state index contributed by atoms with van der Waals surface area (Å²) in [7, 11) is 0. The summed E-state index contributed by atoms with van der Waals surface area (Å²) in [4.78, 5) is 41.7. The maximum atomic E-state index is 11.1. The van der Waals surface area contributed by atoms with E-state index in [-0.39, 0.29) is 11.8 Å². The van der Waals surface area contributed by atoms with Gasteiger partial charge in [-0.25, -0.2) is 0 Å². The van der Waals surface area contributed by atoms with Crippen molar-refractivity contribution >= 4 is 25.1 Å². The molecule has 3 aromatic carbocycles. The number of carbonyl (C=O) groups excluding carboxylic acids is 4. The number of allylic oxidation sites excluding steroid dienone is 2.